The van der Waals surface area contributed by atoms with E-state index >= 15 is 0 Å². The summed E-state index contributed by atoms with van der Waals surface area (Å²) in [6.45, 7) is 0. The van der Waals surface area contributed by atoms with Gasteiger partial charge in [-0.25, -0.2) is 4.79 Å². The molecule has 124 valence electrons. The Morgan fingerprint density at radius 2 is 1.96 bits per heavy atom. The van der Waals surface area contributed by atoms with E-state index in [9.17, 15) is 4.79 Å². The number of carbonyl (C=O) groups is 1. The van der Waals surface area contributed by atoms with E-state index in [4.69, 9.17) is 27.9 Å². The van der Waals surface area contributed by atoms with Gasteiger partial charge < -0.3 is 4.74 Å². The van der Waals surface area contributed by atoms with Gasteiger partial charge in [-0.05, 0) is 35.9 Å². The third-order valence-corrected chi connectivity index (χ3v) is 4.81. The number of methoxy groups -OCH3 is 1. The summed E-state index contributed by atoms with van der Waals surface area (Å²) in [5.74, 6) is -0.440. The highest BCUT2D eigenvalue weighted by Gasteiger charge is 2.33. The number of esters is 1. The zero-order valence-corrected chi connectivity index (χ0v) is 15.8. The molecule has 4 nitrogen and oxygen atoms in total. The SMILES string of the molecule is COC(=O)C1=NN(c2ccc(Cl)cc2Cl)C(c2ccc(Br)cc2)C1. The van der Waals surface area contributed by atoms with Gasteiger partial charge in [0.2, 0.25) is 0 Å². The maximum Gasteiger partial charge on any atom is 0.354 e. The van der Waals surface area contributed by atoms with Gasteiger partial charge in [0.15, 0.2) is 0 Å². The fraction of sp³-hybridized carbons (Fsp3) is 0.176. The van der Waals surface area contributed by atoms with E-state index in [1.165, 1.54) is 7.11 Å². The van der Waals surface area contributed by atoms with Crippen molar-refractivity contribution in [1.29, 1.82) is 0 Å². The van der Waals surface area contributed by atoms with Crippen LogP contribution < -0.4 is 5.01 Å². The standard InChI is InChI=1S/C17H13BrCl2N2O2/c1-24-17(23)14-9-16(10-2-4-11(18)5-3-10)22(21-14)15-7-6-12(19)8-13(15)20/h2-8,16H,9H2,1H3. The fourth-order valence-corrected chi connectivity index (χ4v) is 3.34. The van der Waals surface area contributed by atoms with Crippen LogP contribution in [0.5, 0.6) is 0 Å². The minimum Gasteiger partial charge on any atom is -0.464 e. The molecule has 0 radical (unpaired) electrons. The molecule has 2 aromatic rings. The molecule has 7 heteroatoms. The lowest BCUT2D eigenvalue weighted by Crippen LogP contribution is -2.19. The van der Waals surface area contributed by atoms with Crippen molar-refractivity contribution in [2.75, 3.05) is 12.1 Å². The average molecular weight is 428 g/mol. The van der Waals surface area contributed by atoms with Gasteiger partial charge in [0.25, 0.3) is 0 Å². The van der Waals surface area contributed by atoms with Gasteiger partial charge in [-0.3, -0.25) is 5.01 Å². The van der Waals surface area contributed by atoms with Gasteiger partial charge in [0.05, 0.1) is 23.9 Å². The molecule has 0 saturated carbocycles. The Bertz CT molecular complexity index is 809. The van der Waals surface area contributed by atoms with Crippen LogP contribution in [0.15, 0.2) is 52.0 Å². The Labute approximate surface area is 158 Å². The number of hydrogen-bond acceptors (Lipinski definition) is 4. The first kappa shape index (κ1) is 17.3. The van der Waals surface area contributed by atoms with Crippen molar-refractivity contribution in [2.45, 2.75) is 12.5 Å². The topological polar surface area (TPSA) is 41.9 Å². The molecule has 1 aliphatic rings. The lowest BCUT2D eigenvalue weighted by Gasteiger charge is -2.25. The molecule has 0 fully saturated rings. The second kappa shape index (κ2) is 7.13. The number of nitrogens with zero attached hydrogens (tertiary/aromatic N) is 2. The molecule has 3 rings (SSSR count). The van der Waals surface area contributed by atoms with E-state index < -0.39 is 5.97 Å². The Hall–Kier alpha value is -1.56. The molecular weight excluding hydrogens is 415 g/mol. The smallest absolute Gasteiger partial charge is 0.354 e. The first-order valence-corrected chi connectivity index (χ1v) is 8.70. The average Bonchev–Trinajstić information content (AvgIpc) is 3.00. The van der Waals surface area contributed by atoms with E-state index in [0.29, 0.717) is 27.9 Å². The van der Waals surface area contributed by atoms with Crippen LogP contribution >= 0.6 is 39.1 Å². The summed E-state index contributed by atoms with van der Waals surface area (Å²) in [5.41, 5.74) is 2.07. The summed E-state index contributed by atoms with van der Waals surface area (Å²) in [7, 11) is 1.34. The van der Waals surface area contributed by atoms with Crippen LogP contribution in [0.3, 0.4) is 0 Å². The summed E-state index contributed by atoms with van der Waals surface area (Å²) < 4.78 is 5.79. The number of carbonyl (C=O) groups excluding carboxylic acids is 1. The molecule has 0 aromatic heterocycles. The van der Waals surface area contributed by atoms with E-state index in [-0.39, 0.29) is 6.04 Å². The number of rotatable bonds is 3. The number of halogens is 3. The molecule has 1 unspecified atom stereocenters. The van der Waals surface area contributed by atoms with Crippen LogP contribution in [0.4, 0.5) is 5.69 Å². The molecule has 0 aliphatic carbocycles. The zero-order valence-electron chi connectivity index (χ0n) is 12.7. The highest BCUT2D eigenvalue weighted by atomic mass is 79.9. The number of anilines is 1. The van der Waals surface area contributed by atoms with Crippen molar-refractivity contribution in [1.82, 2.24) is 0 Å². The van der Waals surface area contributed by atoms with E-state index in [2.05, 4.69) is 21.0 Å². The van der Waals surface area contributed by atoms with Crippen molar-refractivity contribution in [3.8, 4) is 0 Å². The Kier molecular flexibility index (Phi) is 5.13. The minimum atomic E-state index is -0.440. The summed E-state index contributed by atoms with van der Waals surface area (Å²) in [6.07, 6.45) is 0.438. The Morgan fingerprint density at radius 3 is 2.58 bits per heavy atom. The molecule has 0 saturated heterocycles. The molecule has 0 amide bonds. The first-order chi connectivity index (χ1) is 11.5. The predicted octanol–water partition coefficient (Wildman–Crippen LogP) is 5.24. The Morgan fingerprint density at radius 1 is 1.25 bits per heavy atom. The lowest BCUT2D eigenvalue weighted by atomic mass is 10.0. The quantitative estimate of drug-likeness (QED) is 0.629. The van der Waals surface area contributed by atoms with Gasteiger partial charge in [-0.1, -0.05) is 51.3 Å². The van der Waals surface area contributed by atoms with E-state index in [1.54, 1.807) is 23.2 Å². The van der Waals surface area contributed by atoms with Crippen LogP contribution in [-0.4, -0.2) is 18.8 Å². The van der Waals surface area contributed by atoms with Crippen molar-refractivity contribution < 1.29 is 9.53 Å². The highest BCUT2D eigenvalue weighted by molar-refractivity contribution is 9.10. The summed E-state index contributed by atoms with van der Waals surface area (Å²) >= 11 is 15.7. The van der Waals surface area contributed by atoms with Crippen molar-refractivity contribution in [3.05, 3.63) is 62.5 Å². The third kappa shape index (κ3) is 3.43. The minimum absolute atomic E-state index is 0.147. The normalized spacial score (nSPS) is 16.9. The highest BCUT2D eigenvalue weighted by Crippen LogP contribution is 2.39. The largest absolute Gasteiger partial charge is 0.464 e. The molecule has 1 atom stereocenters. The monoisotopic (exact) mass is 426 g/mol. The second-order valence-corrected chi connectivity index (χ2v) is 7.01. The van der Waals surface area contributed by atoms with Crippen molar-refractivity contribution >= 4 is 56.5 Å². The van der Waals surface area contributed by atoms with Gasteiger partial charge in [0, 0.05) is 15.9 Å². The van der Waals surface area contributed by atoms with Gasteiger partial charge in [0.1, 0.15) is 5.71 Å². The molecule has 1 aliphatic heterocycles. The lowest BCUT2D eigenvalue weighted by molar-refractivity contribution is -0.132. The summed E-state index contributed by atoms with van der Waals surface area (Å²) in [5, 5.41) is 7.19. The maximum atomic E-state index is 11.9. The van der Waals surface area contributed by atoms with E-state index in [0.717, 1.165) is 10.0 Å². The molecule has 0 N–H and O–H groups in total. The van der Waals surface area contributed by atoms with Crippen LogP contribution in [0.25, 0.3) is 0 Å². The van der Waals surface area contributed by atoms with Crippen molar-refractivity contribution in [2.24, 2.45) is 5.10 Å². The van der Waals surface area contributed by atoms with Crippen LogP contribution in [0, 0.1) is 0 Å². The van der Waals surface area contributed by atoms with Gasteiger partial charge in [-0.15, -0.1) is 0 Å². The van der Waals surface area contributed by atoms with Gasteiger partial charge in [-0.2, -0.15) is 5.10 Å². The first-order valence-electron chi connectivity index (χ1n) is 7.15. The molecular formula is C17H13BrCl2N2O2. The predicted molar refractivity (Wildman–Crippen MR) is 99.9 cm³/mol. The van der Waals surface area contributed by atoms with Crippen LogP contribution in [-0.2, 0) is 9.53 Å². The van der Waals surface area contributed by atoms with Crippen molar-refractivity contribution in [3.63, 3.8) is 0 Å². The summed E-state index contributed by atoms with van der Waals surface area (Å²) in [6, 6.07) is 12.9. The number of hydrazone groups is 1. The van der Waals surface area contributed by atoms with Crippen LogP contribution in [0.2, 0.25) is 10.0 Å². The fourth-order valence-electron chi connectivity index (χ4n) is 2.58. The summed E-state index contributed by atoms with van der Waals surface area (Å²) in [4.78, 5) is 11.9. The van der Waals surface area contributed by atoms with Crippen LogP contribution in [0.1, 0.15) is 18.0 Å². The molecule has 0 bridgehead atoms. The molecule has 24 heavy (non-hydrogen) atoms. The second-order valence-electron chi connectivity index (χ2n) is 5.25. The van der Waals surface area contributed by atoms with Gasteiger partial charge >= 0.3 is 5.97 Å². The molecule has 1 heterocycles. The third-order valence-electron chi connectivity index (χ3n) is 3.74. The zero-order chi connectivity index (χ0) is 17.3. The number of ether oxygens (including phenoxy) is 1. The Balaban J connectivity index is 2.04. The molecule has 2 aromatic carbocycles. The van der Waals surface area contributed by atoms with E-state index in [1.807, 2.05) is 24.3 Å². The number of hydrogen-bond donors (Lipinski definition) is 0. The maximum absolute atomic E-state index is 11.9. The molecule has 0 spiro atoms. The number of benzene rings is 2.